The quantitative estimate of drug-likeness (QED) is 0.744. The topological polar surface area (TPSA) is 49.3 Å². The van der Waals surface area contributed by atoms with Crippen LogP contribution in [-0.4, -0.2) is 28.0 Å². The number of amides is 1. The first kappa shape index (κ1) is 13.9. The van der Waals surface area contributed by atoms with E-state index in [2.05, 4.69) is 21.2 Å². The molecule has 2 N–H and O–H groups in total. The van der Waals surface area contributed by atoms with Gasteiger partial charge in [-0.3, -0.25) is 4.79 Å². The SMILES string of the molecule is CCC(C)(O)CNC(=O)C(Br)C(C)C. The van der Waals surface area contributed by atoms with Crippen LogP contribution in [0.1, 0.15) is 34.1 Å². The maximum atomic E-state index is 11.5. The van der Waals surface area contributed by atoms with Gasteiger partial charge in [0, 0.05) is 6.54 Å². The van der Waals surface area contributed by atoms with Crippen LogP contribution in [0.25, 0.3) is 0 Å². The van der Waals surface area contributed by atoms with E-state index >= 15 is 0 Å². The van der Waals surface area contributed by atoms with Gasteiger partial charge in [0.1, 0.15) is 0 Å². The lowest BCUT2D eigenvalue weighted by Crippen LogP contribution is -2.43. The van der Waals surface area contributed by atoms with E-state index in [0.717, 1.165) is 0 Å². The van der Waals surface area contributed by atoms with Crippen LogP contribution in [0.2, 0.25) is 0 Å². The number of hydrogen-bond acceptors (Lipinski definition) is 2. The smallest absolute Gasteiger partial charge is 0.234 e. The Bertz CT molecular complexity index is 193. The van der Waals surface area contributed by atoms with Gasteiger partial charge in [-0.2, -0.15) is 0 Å². The molecule has 0 radical (unpaired) electrons. The first-order valence-corrected chi connectivity index (χ1v) is 5.86. The molecule has 0 rings (SSSR count). The molecule has 0 bridgehead atoms. The van der Waals surface area contributed by atoms with Crippen LogP contribution >= 0.6 is 15.9 Å². The fourth-order valence-electron chi connectivity index (χ4n) is 0.803. The lowest BCUT2D eigenvalue weighted by atomic mass is 10.0. The Hall–Kier alpha value is -0.0900. The third-order valence-electron chi connectivity index (χ3n) is 2.24. The summed E-state index contributed by atoms with van der Waals surface area (Å²) in [6.07, 6.45) is 0.627. The molecular formula is C10H20BrNO2. The molecule has 0 saturated carbocycles. The molecule has 0 spiro atoms. The fraction of sp³-hybridized carbons (Fsp3) is 0.900. The highest BCUT2D eigenvalue weighted by Crippen LogP contribution is 2.12. The van der Waals surface area contributed by atoms with Gasteiger partial charge in [-0.25, -0.2) is 0 Å². The standard InChI is InChI=1S/C10H20BrNO2/c1-5-10(4,14)6-12-9(13)8(11)7(2)3/h7-8,14H,5-6H2,1-4H3,(H,12,13). The van der Waals surface area contributed by atoms with Gasteiger partial charge in [0.25, 0.3) is 0 Å². The van der Waals surface area contributed by atoms with Gasteiger partial charge in [0.2, 0.25) is 5.91 Å². The summed E-state index contributed by atoms with van der Waals surface area (Å²) in [5.41, 5.74) is -0.806. The van der Waals surface area contributed by atoms with Crippen molar-refractivity contribution in [2.24, 2.45) is 5.92 Å². The lowest BCUT2D eigenvalue weighted by molar-refractivity contribution is -0.122. The molecule has 0 heterocycles. The Morgan fingerprint density at radius 1 is 1.57 bits per heavy atom. The summed E-state index contributed by atoms with van der Waals surface area (Å²) in [6.45, 7) is 7.84. The average molecular weight is 266 g/mol. The number of nitrogens with one attached hydrogen (secondary N) is 1. The zero-order chi connectivity index (χ0) is 11.4. The van der Waals surface area contributed by atoms with Gasteiger partial charge in [-0.15, -0.1) is 0 Å². The second-order valence-electron chi connectivity index (χ2n) is 4.21. The van der Waals surface area contributed by atoms with Gasteiger partial charge in [-0.05, 0) is 19.3 Å². The van der Waals surface area contributed by atoms with Crippen LogP contribution in [0.5, 0.6) is 0 Å². The Morgan fingerprint density at radius 3 is 2.43 bits per heavy atom. The number of rotatable bonds is 5. The Morgan fingerprint density at radius 2 is 2.07 bits per heavy atom. The van der Waals surface area contributed by atoms with Crippen LogP contribution in [-0.2, 0) is 4.79 Å². The highest BCUT2D eigenvalue weighted by molar-refractivity contribution is 9.10. The number of alkyl halides is 1. The average Bonchev–Trinajstić information content (AvgIpc) is 2.13. The first-order valence-electron chi connectivity index (χ1n) is 4.94. The molecule has 0 aromatic rings. The Kier molecular flexibility index (Phi) is 5.67. The highest BCUT2D eigenvalue weighted by Gasteiger charge is 2.22. The van der Waals surface area contributed by atoms with E-state index in [-0.39, 0.29) is 16.7 Å². The molecule has 0 fully saturated rings. The number of halogens is 1. The molecule has 3 nitrogen and oxygen atoms in total. The molecule has 0 aromatic heterocycles. The molecule has 84 valence electrons. The van der Waals surface area contributed by atoms with Crippen molar-refractivity contribution in [1.29, 1.82) is 0 Å². The molecule has 0 aromatic carbocycles. The summed E-state index contributed by atoms with van der Waals surface area (Å²) in [5.74, 6) is 0.190. The predicted molar refractivity (Wildman–Crippen MR) is 61.5 cm³/mol. The van der Waals surface area contributed by atoms with Crippen molar-refractivity contribution in [3.8, 4) is 0 Å². The molecule has 0 saturated heterocycles. The summed E-state index contributed by atoms with van der Waals surface area (Å²) >= 11 is 3.30. The molecule has 4 heteroatoms. The minimum atomic E-state index is -0.806. The Balaban J connectivity index is 3.97. The summed E-state index contributed by atoms with van der Waals surface area (Å²) in [6, 6.07) is 0. The van der Waals surface area contributed by atoms with Crippen molar-refractivity contribution in [1.82, 2.24) is 5.32 Å². The minimum absolute atomic E-state index is 0.0614. The number of aliphatic hydroxyl groups is 1. The van der Waals surface area contributed by atoms with Crippen molar-refractivity contribution < 1.29 is 9.90 Å². The molecule has 2 unspecified atom stereocenters. The van der Waals surface area contributed by atoms with Gasteiger partial charge in [-0.1, -0.05) is 36.7 Å². The number of carbonyl (C=O) groups excluding carboxylic acids is 1. The van der Waals surface area contributed by atoms with Crippen LogP contribution in [0.15, 0.2) is 0 Å². The number of hydrogen-bond donors (Lipinski definition) is 2. The van der Waals surface area contributed by atoms with E-state index in [1.54, 1.807) is 6.92 Å². The molecule has 14 heavy (non-hydrogen) atoms. The highest BCUT2D eigenvalue weighted by atomic mass is 79.9. The summed E-state index contributed by atoms with van der Waals surface area (Å²) in [4.78, 5) is 11.3. The van der Waals surface area contributed by atoms with E-state index in [1.807, 2.05) is 20.8 Å². The van der Waals surface area contributed by atoms with E-state index < -0.39 is 5.60 Å². The summed E-state index contributed by atoms with van der Waals surface area (Å²) in [5, 5.41) is 12.4. The third kappa shape index (κ3) is 4.96. The van der Waals surface area contributed by atoms with Crippen LogP contribution in [0, 0.1) is 5.92 Å². The molecular weight excluding hydrogens is 246 g/mol. The molecule has 0 aliphatic heterocycles. The van der Waals surface area contributed by atoms with E-state index in [0.29, 0.717) is 13.0 Å². The monoisotopic (exact) mass is 265 g/mol. The summed E-state index contributed by atoms with van der Waals surface area (Å²) < 4.78 is 0. The van der Waals surface area contributed by atoms with Crippen molar-refractivity contribution in [2.45, 2.75) is 44.5 Å². The van der Waals surface area contributed by atoms with Crippen molar-refractivity contribution in [3.05, 3.63) is 0 Å². The van der Waals surface area contributed by atoms with Crippen LogP contribution < -0.4 is 5.32 Å². The zero-order valence-corrected chi connectivity index (χ0v) is 10.9. The van der Waals surface area contributed by atoms with Gasteiger partial charge in [0.15, 0.2) is 0 Å². The normalized spacial score (nSPS) is 17.6. The van der Waals surface area contributed by atoms with E-state index in [1.165, 1.54) is 0 Å². The molecule has 2 atom stereocenters. The predicted octanol–water partition coefficient (Wildman–Crippen LogP) is 1.68. The summed E-state index contributed by atoms with van der Waals surface area (Å²) in [7, 11) is 0. The largest absolute Gasteiger partial charge is 0.388 e. The van der Waals surface area contributed by atoms with Crippen LogP contribution in [0.4, 0.5) is 0 Å². The van der Waals surface area contributed by atoms with Gasteiger partial charge in [0.05, 0.1) is 10.4 Å². The molecule has 0 aliphatic carbocycles. The van der Waals surface area contributed by atoms with Gasteiger partial charge < -0.3 is 10.4 Å². The van der Waals surface area contributed by atoms with E-state index in [9.17, 15) is 9.90 Å². The van der Waals surface area contributed by atoms with Crippen molar-refractivity contribution in [3.63, 3.8) is 0 Å². The number of carbonyl (C=O) groups is 1. The Labute approximate surface area is 94.4 Å². The van der Waals surface area contributed by atoms with E-state index in [4.69, 9.17) is 0 Å². The second-order valence-corrected chi connectivity index (χ2v) is 5.20. The third-order valence-corrected chi connectivity index (χ3v) is 3.71. The maximum absolute atomic E-state index is 11.5. The molecule has 1 amide bonds. The van der Waals surface area contributed by atoms with Crippen molar-refractivity contribution in [2.75, 3.05) is 6.54 Å². The minimum Gasteiger partial charge on any atom is -0.388 e. The molecule has 0 aliphatic rings. The zero-order valence-electron chi connectivity index (χ0n) is 9.30. The second kappa shape index (κ2) is 5.71. The van der Waals surface area contributed by atoms with Gasteiger partial charge >= 0.3 is 0 Å². The van der Waals surface area contributed by atoms with Crippen molar-refractivity contribution >= 4 is 21.8 Å². The first-order chi connectivity index (χ1) is 6.30. The maximum Gasteiger partial charge on any atom is 0.234 e. The van der Waals surface area contributed by atoms with Crippen LogP contribution in [0.3, 0.4) is 0 Å². The lowest BCUT2D eigenvalue weighted by Gasteiger charge is -2.23. The fourth-order valence-corrected chi connectivity index (χ4v) is 0.965.